The largest absolute Gasteiger partial charge is 0.240 e. The van der Waals surface area contributed by atoms with Gasteiger partial charge in [0.25, 0.3) is 0 Å². The highest BCUT2D eigenvalue weighted by atomic mass is 35.5. The number of benzene rings is 1. The first-order valence-electron chi connectivity index (χ1n) is 4.28. The van der Waals surface area contributed by atoms with Crippen molar-refractivity contribution in [1.29, 1.82) is 5.26 Å². The summed E-state index contributed by atoms with van der Waals surface area (Å²) in [7, 11) is -3.65. The van der Waals surface area contributed by atoms with Crippen molar-refractivity contribution in [2.45, 2.75) is 11.3 Å². The fraction of sp³-hybridized carbons (Fsp3) is 0.222. The van der Waals surface area contributed by atoms with E-state index in [2.05, 4.69) is 4.72 Å². The third kappa shape index (κ3) is 3.65. The van der Waals surface area contributed by atoms with Gasteiger partial charge in [0.05, 0.1) is 11.0 Å². The molecule has 0 fully saturated rings. The van der Waals surface area contributed by atoms with Crippen LogP contribution in [-0.4, -0.2) is 15.0 Å². The summed E-state index contributed by atoms with van der Waals surface area (Å²) in [5.41, 5.74) is 0. The van der Waals surface area contributed by atoms with E-state index >= 15 is 0 Å². The number of nitriles is 1. The van der Waals surface area contributed by atoms with Gasteiger partial charge in [-0.15, -0.1) is 0 Å². The Bertz CT molecular complexity index is 503. The molecule has 0 radical (unpaired) electrons. The molecule has 0 heterocycles. The Balaban J connectivity index is 2.95. The first-order chi connectivity index (χ1) is 7.45. The molecule has 1 aromatic carbocycles. The van der Waals surface area contributed by atoms with Crippen molar-refractivity contribution in [1.82, 2.24) is 4.72 Å². The maximum atomic E-state index is 11.7. The van der Waals surface area contributed by atoms with E-state index < -0.39 is 10.0 Å². The fourth-order valence-electron chi connectivity index (χ4n) is 1.01. The molecule has 0 aliphatic rings. The number of rotatable bonds is 4. The quantitative estimate of drug-likeness (QED) is 0.859. The number of nitrogens with zero attached hydrogens (tertiary/aromatic N) is 1. The number of hydrogen-bond donors (Lipinski definition) is 1. The van der Waals surface area contributed by atoms with E-state index in [-0.39, 0.29) is 27.9 Å². The van der Waals surface area contributed by atoms with Crippen molar-refractivity contribution in [2.24, 2.45) is 0 Å². The van der Waals surface area contributed by atoms with E-state index in [4.69, 9.17) is 28.5 Å². The molecule has 0 amide bonds. The topological polar surface area (TPSA) is 70.0 Å². The molecule has 0 bridgehead atoms. The van der Waals surface area contributed by atoms with Crippen LogP contribution in [0.4, 0.5) is 0 Å². The standard InChI is InChI=1S/C9H8Cl2N2O2S/c10-7-4-8(11)6-9(5-7)16(14,15)13-3-1-2-12/h4-6,13H,1,3H2. The van der Waals surface area contributed by atoms with Crippen molar-refractivity contribution in [3.63, 3.8) is 0 Å². The van der Waals surface area contributed by atoms with Gasteiger partial charge in [-0.25, -0.2) is 13.1 Å². The Hall–Kier alpha value is -0.800. The lowest BCUT2D eigenvalue weighted by Gasteiger charge is -2.05. The van der Waals surface area contributed by atoms with Crippen LogP contribution in [0.1, 0.15) is 6.42 Å². The molecule has 0 unspecified atom stereocenters. The molecule has 1 aromatic rings. The zero-order valence-electron chi connectivity index (χ0n) is 8.07. The summed E-state index contributed by atoms with van der Waals surface area (Å²) in [6.45, 7) is 0.0585. The van der Waals surface area contributed by atoms with Crippen LogP contribution in [0.25, 0.3) is 0 Å². The van der Waals surface area contributed by atoms with Crippen LogP contribution in [0, 0.1) is 11.3 Å². The minimum absolute atomic E-state index is 0.0112. The zero-order valence-corrected chi connectivity index (χ0v) is 10.4. The maximum Gasteiger partial charge on any atom is 0.240 e. The Morgan fingerprint density at radius 1 is 1.25 bits per heavy atom. The van der Waals surface area contributed by atoms with E-state index in [1.54, 1.807) is 0 Å². The highest BCUT2D eigenvalue weighted by Gasteiger charge is 2.14. The highest BCUT2D eigenvalue weighted by Crippen LogP contribution is 2.21. The van der Waals surface area contributed by atoms with Gasteiger partial charge in [0.2, 0.25) is 10.0 Å². The summed E-state index contributed by atoms with van der Waals surface area (Å²) >= 11 is 11.4. The predicted molar refractivity (Wildman–Crippen MR) is 61.9 cm³/mol. The molecule has 0 saturated heterocycles. The van der Waals surface area contributed by atoms with E-state index in [1.165, 1.54) is 18.2 Å². The van der Waals surface area contributed by atoms with Crippen LogP contribution < -0.4 is 4.72 Å². The molecule has 4 nitrogen and oxygen atoms in total. The number of sulfonamides is 1. The van der Waals surface area contributed by atoms with Gasteiger partial charge < -0.3 is 0 Å². The molecule has 7 heteroatoms. The Kier molecular flexibility index (Phi) is 4.56. The summed E-state index contributed by atoms with van der Waals surface area (Å²) < 4.78 is 25.6. The Morgan fingerprint density at radius 2 is 1.81 bits per heavy atom. The fourth-order valence-corrected chi connectivity index (χ4v) is 2.77. The lowest BCUT2D eigenvalue weighted by atomic mass is 10.4. The van der Waals surface area contributed by atoms with Gasteiger partial charge in [-0.05, 0) is 18.2 Å². The second-order valence-corrected chi connectivity index (χ2v) is 5.55. The lowest BCUT2D eigenvalue weighted by Crippen LogP contribution is -2.24. The minimum Gasteiger partial charge on any atom is -0.210 e. The number of halogens is 2. The van der Waals surface area contributed by atoms with Crippen molar-refractivity contribution >= 4 is 33.2 Å². The smallest absolute Gasteiger partial charge is 0.210 e. The van der Waals surface area contributed by atoms with Gasteiger partial charge in [0.1, 0.15) is 0 Å². The number of nitrogens with one attached hydrogen (secondary N) is 1. The summed E-state index contributed by atoms with van der Waals surface area (Å²) in [4.78, 5) is -0.0112. The van der Waals surface area contributed by atoms with Crippen molar-refractivity contribution in [3.05, 3.63) is 28.2 Å². The summed E-state index contributed by atoms with van der Waals surface area (Å²) in [5, 5.41) is 8.78. The molecule has 1 rings (SSSR count). The molecular formula is C9H8Cl2N2O2S. The van der Waals surface area contributed by atoms with Crippen molar-refractivity contribution in [2.75, 3.05) is 6.54 Å². The highest BCUT2D eigenvalue weighted by molar-refractivity contribution is 7.89. The first-order valence-corrected chi connectivity index (χ1v) is 6.52. The van der Waals surface area contributed by atoms with Crippen LogP contribution in [0.2, 0.25) is 10.0 Å². The molecule has 0 aliphatic heterocycles. The van der Waals surface area contributed by atoms with Gasteiger partial charge >= 0.3 is 0 Å². The van der Waals surface area contributed by atoms with Crippen LogP contribution in [0.3, 0.4) is 0 Å². The molecule has 0 aliphatic carbocycles. The molecular weight excluding hydrogens is 271 g/mol. The second-order valence-electron chi connectivity index (χ2n) is 2.91. The zero-order chi connectivity index (χ0) is 12.2. The van der Waals surface area contributed by atoms with Crippen LogP contribution in [0.5, 0.6) is 0 Å². The SMILES string of the molecule is N#CCCNS(=O)(=O)c1cc(Cl)cc(Cl)c1. The van der Waals surface area contributed by atoms with Crippen molar-refractivity contribution in [3.8, 4) is 6.07 Å². The van der Waals surface area contributed by atoms with E-state index in [0.717, 1.165) is 0 Å². The predicted octanol–water partition coefficient (Wildman–Crippen LogP) is 2.19. The summed E-state index contributed by atoms with van der Waals surface area (Å²) in [6.07, 6.45) is 0.105. The molecule has 0 atom stereocenters. The van der Waals surface area contributed by atoms with Gasteiger partial charge in [0.15, 0.2) is 0 Å². The van der Waals surface area contributed by atoms with E-state index in [1.807, 2.05) is 6.07 Å². The average Bonchev–Trinajstić information content (AvgIpc) is 2.16. The third-order valence-corrected chi connectivity index (χ3v) is 3.55. The maximum absolute atomic E-state index is 11.7. The molecule has 1 N–H and O–H groups in total. The third-order valence-electron chi connectivity index (χ3n) is 1.68. The number of hydrogen-bond acceptors (Lipinski definition) is 3. The normalized spacial score (nSPS) is 11.1. The summed E-state index contributed by atoms with van der Waals surface area (Å²) in [6, 6.07) is 5.86. The van der Waals surface area contributed by atoms with Gasteiger partial charge in [0, 0.05) is 23.0 Å². The van der Waals surface area contributed by atoms with Gasteiger partial charge in [-0.3, -0.25) is 0 Å². The second kappa shape index (κ2) is 5.51. The van der Waals surface area contributed by atoms with Crippen LogP contribution >= 0.6 is 23.2 Å². The molecule has 0 aromatic heterocycles. The Labute approximate surface area is 104 Å². The monoisotopic (exact) mass is 278 g/mol. The van der Waals surface area contributed by atoms with Gasteiger partial charge in [-0.1, -0.05) is 23.2 Å². The lowest BCUT2D eigenvalue weighted by molar-refractivity contribution is 0.582. The van der Waals surface area contributed by atoms with Crippen LogP contribution in [-0.2, 0) is 10.0 Å². The van der Waals surface area contributed by atoms with Crippen molar-refractivity contribution < 1.29 is 8.42 Å². The first kappa shape index (κ1) is 13.3. The van der Waals surface area contributed by atoms with Gasteiger partial charge in [-0.2, -0.15) is 5.26 Å². The Morgan fingerprint density at radius 3 is 2.31 bits per heavy atom. The summed E-state index contributed by atoms with van der Waals surface area (Å²) in [5.74, 6) is 0. The molecule has 0 saturated carbocycles. The molecule has 16 heavy (non-hydrogen) atoms. The van der Waals surface area contributed by atoms with E-state index in [9.17, 15) is 8.42 Å². The molecule has 86 valence electrons. The molecule has 0 spiro atoms. The van der Waals surface area contributed by atoms with E-state index in [0.29, 0.717) is 0 Å². The average molecular weight is 279 g/mol. The van der Waals surface area contributed by atoms with Crippen LogP contribution in [0.15, 0.2) is 23.1 Å². The minimum atomic E-state index is -3.65.